The van der Waals surface area contributed by atoms with Crippen LogP contribution in [0.2, 0.25) is 0 Å². The van der Waals surface area contributed by atoms with Gasteiger partial charge in [0.25, 0.3) is 5.56 Å². The second-order valence-corrected chi connectivity index (χ2v) is 7.63. The molecule has 0 aliphatic heterocycles. The Morgan fingerprint density at radius 2 is 1.94 bits per heavy atom. The van der Waals surface area contributed by atoms with E-state index in [0.29, 0.717) is 0 Å². The number of carbonyl (C=O) groups excluding carboxylic acids is 1. The first-order chi connectivity index (χ1) is 15.6. The number of rotatable bonds is 7. The van der Waals surface area contributed by atoms with Crippen LogP contribution in [-0.2, 0) is 17.9 Å². The first-order valence-corrected chi connectivity index (χ1v) is 10.0. The van der Waals surface area contributed by atoms with E-state index in [2.05, 4.69) is 20.6 Å². The number of alkyl halides is 3. The van der Waals surface area contributed by atoms with E-state index < -0.39 is 24.2 Å². The van der Waals surface area contributed by atoms with E-state index in [1.807, 2.05) is 0 Å². The Kier molecular flexibility index (Phi) is 5.56. The van der Waals surface area contributed by atoms with Crippen molar-refractivity contribution in [3.8, 4) is 0 Å². The zero-order valence-corrected chi connectivity index (χ0v) is 17.3. The highest BCUT2D eigenvalue weighted by Crippen LogP contribution is 2.32. The molecule has 0 unspecified atom stereocenters. The van der Waals surface area contributed by atoms with Crippen molar-refractivity contribution in [3.63, 3.8) is 0 Å². The molecule has 0 bridgehead atoms. The lowest BCUT2D eigenvalue weighted by molar-refractivity contribution is -0.140. The molecule has 174 valence electrons. The van der Waals surface area contributed by atoms with Gasteiger partial charge in [-0.2, -0.15) is 13.2 Å². The number of hydrogen-bond donors (Lipinski definition) is 3. The van der Waals surface area contributed by atoms with Crippen LogP contribution in [0.5, 0.6) is 0 Å². The lowest BCUT2D eigenvalue weighted by atomic mass is 10.2. The minimum Gasteiger partial charge on any atom is -0.478 e. The standard InChI is InChI=1S/C20H19F3N6O4/c1-2-28-9-25-16-15(18(28)31)13(7-29(16)8-20(21,22)23)26-12-5-14(24-6-11(12)19(32)33)27-17(30)10-3-4-10/h5-7,9-10H,2-4,8H2,1H3,(H,32,33)(H2,24,26,27,30). The van der Waals surface area contributed by atoms with Crippen LogP contribution in [0.15, 0.2) is 29.6 Å². The number of nitrogens with one attached hydrogen (secondary N) is 2. The average Bonchev–Trinajstić information content (AvgIpc) is 3.52. The first kappa shape index (κ1) is 22.3. The molecule has 0 aromatic carbocycles. The number of fused-ring (bicyclic) bond motifs is 1. The van der Waals surface area contributed by atoms with Gasteiger partial charge in [-0.3, -0.25) is 14.2 Å². The van der Waals surface area contributed by atoms with Gasteiger partial charge in [0, 0.05) is 30.9 Å². The maximum Gasteiger partial charge on any atom is 0.406 e. The molecule has 0 spiro atoms. The molecule has 1 aliphatic carbocycles. The summed E-state index contributed by atoms with van der Waals surface area (Å²) in [6.45, 7) is 0.520. The van der Waals surface area contributed by atoms with Crippen molar-refractivity contribution in [2.75, 3.05) is 10.6 Å². The topological polar surface area (TPSA) is 131 Å². The molecule has 3 aromatic rings. The fourth-order valence-electron chi connectivity index (χ4n) is 3.37. The van der Waals surface area contributed by atoms with Crippen molar-refractivity contribution in [3.05, 3.63) is 40.7 Å². The number of carboxylic acids is 1. The van der Waals surface area contributed by atoms with Crippen molar-refractivity contribution in [2.45, 2.75) is 39.0 Å². The molecule has 3 heterocycles. The summed E-state index contributed by atoms with van der Waals surface area (Å²) in [7, 11) is 0. The minimum absolute atomic E-state index is 0.0530. The zero-order valence-electron chi connectivity index (χ0n) is 17.3. The Labute approximate surface area is 184 Å². The summed E-state index contributed by atoms with van der Waals surface area (Å²) >= 11 is 0. The van der Waals surface area contributed by atoms with E-state index >= 15 is 0 Å². The molecular weight excluding hydrogens is 445 g/mol. The van der Waals surface area contributed by atoms with Gasteiger partial charge in [0.15, 0.2) is 0 Å². The van der Waals surface area contributed by atoms with Gasteiger partial charge >= 0.3 is 12.1 Å². The molecule has 1 saturated carbocycles. The van der Waals surface area contributed by atoms with Crippen molar-refractivity contribution in [1.29, 1.82) is 0 Å². The smallest absolute Gasteiger partial charge is 0.406 e. The largest absolute Gasteiger partial charge is 0.478 e. The van der Waals surface area contributed by atoms with Gasteiger partial charge < -0.3 is 20.3 Å². The van der Waals surface area contributed by atoms with E-state index in [4.69, 9.17) is 0 Å². The fourth-order valence-corrected chi connectivity index (χ4v) is 3.37. The number of carboxylic acid groups (broad SMARTS) is 1. The Hall–Kier alpha value is -3.90. The summed E-state index contributed by atoms with van der Waals surface area (Å²) in [5.41, 5.74) is -1.18. The molecule has 0 atom stereocenters. The number of aryl methyl sites for hydroxylation is 1. The van der Waals surface area contributed by atoms with Crippen molar-refractivity contribution >= 4 is 40.1 Å². The number of aromatic nitrogens is 4. The van der Waals surface area contributed by atoms with Crippen LogP contribution >= 0.6 is 0 Å². The second kappa shape index (κ2) is 8.22. The summed E-state index contributed by atoms with van der Waals surface area (Å²) < 4.78 is 41.3. The highest BCUT2D eigenvalue weighted by atomic mass is 19.4. The predicted molar refractivity (Wildman–Crippen MR) is 112 cm³/mol. The van der Waals surface area contributed by atoms with Gasteiger partial charge in [-0.05, 0) is 19.8 Å². The number of halogens is 3. The van der Waals surface area contributed by atoms with Crippen molar-refractivity contribution in [1.82, 2.24) is 19.1 Å². The van der Waals surface area contributed by atoms with Gasteiger partial charge in [-0.25, -0.2) is 14.8 Å². The Morgan fingerprint density at radius 1 is 1.21 bits per heavy atom. The van der Waals surface area contributed by atoms with Gasteiger partial charge in [0.1, 0.15) is 29.0 Å². The predicted octanol–water partition coefficient (Wildman–Crippen LogP) is 2.97. The highest BCUT2D eigenvalue weighted by Gasteiger charge is 2.31. The monoisotopic (exact) mass is 464 g/mol. The molecule has 1 aliphatic rings. The molecule has 0 saturated heterocycles. The Morgan fingerprint density at radius 3 is 2.55 bits per heavy atom. The molecule has 1 amide bonds. The average molecular weight is 464 g/mol. The van der Waals surface area contributed by atoms with Gasteiger partial charge in [-0.15, -0.1) is 0 Å². The number of aromatic carboxylic acids is 1. The number of hydrogen-bond acceptors (Lipinski definition) is 6. The number of pyridine rings is 1. The summed E-state index contributed by atoms with van der Waals surface area (Å²) in [6.07, 6.45) is 0.153. The van der Waals surface area contributed by atoms with Gasteiger partial charge in [-0.1, -0.05) is 0 Å². The van der Waals surface area contributed by atoms with Crippen molar-refractivity contribution in [2.24, 2.45) is 5.92 Å². The van der Waals surface area contributed by atoms with Crippen LogP contribution in [-0.4, -0.2) is 42.3 Å². The molecule has 1 fully saturated rings. The SMILES string of the molecule is CCn1cnc2c(c(Nc3cc(NC(=O)C4CC4)ncc3C(=O)O)cn2CC(F)(F)F)c1=O. The summed E-state index contributed by atoms with van der Waals surface area (Å²) in [4.78, 5) is 44.5. The fraction of sp³-hybridized carbons (Fsp3) is 0.350. The lowest BCUT2D eigenvalue weighted by Gasteiger charge is -2.11. The van der Waals surface area contributed by atoms with E-state index in [-0.39, 0.29) is 52.2 Å². The maximum absolute atomic E-state index is 13.1. The first-order valence-electron chi connectivity index (χ1n) is 10.0. The number of nitrogens with zero attached hydrogens (tertiary/aromatic N) is 4. The zero-order chi connectivity index (χ0) is 23.9. The molecule has 33 heavy (non-hydrogen) atoms. The summed E-state index contributed by atoms with van der Waals surface area (Å²) in [5, 5.41) is 14.7. The van der Waals surface area contributed by atoms with E-state index in [0.717, 1.165) is 36.1 Å². The van der Waals surface area contributed by atoms with Crippen LogP contribution in [0.3, 0.4) is 0 Å². The number of carbonyl (C=O) groups is 2. The molecule has 10 nitrogen and oxygen atoms in total. The third-order valence-corrected chi connectivity index (χ3v) is 5.14. The van der Waals surface area contributed by atoms with E-state index in [1.165, 1.54) is 10.6 Å². The molecule has 3 N–H and O–H groups in total. The van der Waals surface area contributed by atoms with E-state index in [9.17, 15) is 32.7 Å². The highest BCUT2D eigenvalue weighted by molar-refractivity contribution is 6.00. The number of anilines is 3. The summed E-state index contributed by atoms with van der Waals surface area (Å²) in [6, 6.07) is 1.26. The Balaban J connectivity index is 1.81. The maximum atomic E-state index is 13.1. The molecule has 4 rings (SSSR count). The van der Waals surface area contributed by atoms with Crippen LogP contribution in [0.25, 0.3) is 11.0 Å². The van der Waals surface area contributed by atoms with Crippen LogP contribution in [0.4, 0.5) is 30.4 Å². The van der Waals surface area contributed by atoms with Gasteiger partial charge in [0.2, 0.25) is 5.91 Å². The third-order valence-electron chi connectivity index (χ3n) is 5.14. The summed E-state index contributed by atoms with van der Waals surface area (Å²) in [5.74, 6) is -1.66. The van der Waals surface area contributed by atoms with Crippen LogP contribution < -0.4 is 16.2 Å². The molecular formula is C20H19F3N6O4. The minimum atomic E-state index is -4.58. The normalized spacial score (nSPS) is 13.8. The second-order valence-electron chi connectivity index (χ2n) is 7.63. The number of amides is 1. The quantitative estimate of drug-likeness (QED) is 0.490. The lowest BCUT2D eigenvalue weighted by Crippen LogP contribution is -2.21. The molecule has 13 heteroatoms. The van der Waals surface area contributed by atoms with Gasteiger partial charge in [0.05, 0.1) is 17.7 Å². The Bertz CT molecular complexity index is 1310. The van der Waals surface area contributed by atoms with Crippen LogP contribution in [0, 0.1) is 5.92 Å². The third kappa shape index (κ3) is 4.66. The van der Waals surface area contributed by atoms with Crippen LogP contribution in [0.1, 0.15) is 30.1 Å². The molecule has 3 aromatic heterocycles. The van der Waals surface area contributed by atoms with Crippen molar-refractivity contribution < 1.29 is 27.9 Å². The van der Waals surface area contributed by atoms with E-state index in [1.54, 1.807) is 6.92 Å². The molecule has 0 radical (unpaired) electrons.